The molecule has 37 heavy (non-hydrogen) atoms. The molecular formula is C29H31N3O4S. The molecule has 2 N–H and O–H groups in total. The maximum absolute atomic E-state index is 13.4. The third-order valence-corrected chi connectivity index (χ3v) is 7.69. The Morgan fingerprint density at radius 2 is 1.92 bits per heavy atom. The smallest absolute Gasteiger partial charge is 0.257 e. The van der Waals surface area contributed by atoms with Crippen molar-refractivity contribution in [1.29, 1.82) is 0 Å². The number of hydrogen-bond donors (Lipinski definition) is 2. The van der Waals surface area contributed by atoms with Gasteiger partial charge in [-0.05, 0) is 42.5 Å². The van der Waals surface area contributed by atoms with Crippen LogP contribution in [0.1, 0.15) is 61.6 Å². The van der Waals surface area contributed by atoms with Crippen molar-refractivity contribution < 1.29 is 14.3 Å². The van der Waals surface area contributed by atoms with Gasteiger partial charge in [-0.15, -0.1) is 0 Å². The summed E-state index contributed by atoms with van der Waals surface area (Å²) in [7, 11) is 1.59. The summed E-state index contributed by atoms with van der Waals surface area (Å²) in [4.78, 5) is 34.3. The van der Waals surface area contributed by atoms with Gasteiger partial charge in [-0.2, -0.15) is 0 Å². The fourth-order valence-electron chi connectivity index (χ4n) is 4.87. The molecule has 1 unspecified atom stereocenters. The highest BCUT2D eigenvalue weighted by molar-refractivity contribution is 7.99. The Bertz CT molecular complexity index is 1380. The number of ketones is 1. The minimum absolute atomic E-state index is 0.0635. The minimum atomic E-state index is -0.526. The molecule has 2 heterocycles. The number of unbranched alkanes of at least 4 members (excludes halogenated alkanes) is 1. The molecular weight excluding hydrogens is 486 g/mol. The number of rotatable bonds is 9. The zero-order valence-corrected chi connectivity index (χ0v) is 22.0. The largest absolute Gasteiger partial charge is 0.493 e. The number of Topliss-reactive ketones (excluding diaryl/α,β-unsaturated/α-hetero) is 1. The summed E-state index contributed by atoms with van der Waals surface area (Å²) in [6, 6.07) is 15.6. The molecule has 1 aliphatic carbocycles. The van der Waals surface area contributed by atoms with Crippen LogP contribution in [-0.4, -0.2) is 28.6 Å². The summed E-state index contributed by atoms with van der Waals surface area (Å²) in [6.07, 6.45) is 4.12. The Morgan fingerprint density at radius 3 is 2.70 bits per heavy atom. The number of carbonyl (C=O) groups is 1. The molecule has 0 saturated heterocycles. The quantitative estimate of drug-likeness (QED) is 0.210. The monoisotopic (exact) mass is 517 g/mol. The van der Waals surface area contributed by atoms with Gasteiger partial charge in [0.1, 0.15) is 12.4 Å². The predicted octanol–water partition coefficient (Wildman–Crippen LogP) is 5.81. The van der Waals surface area contributed by atoms with Crippen LogP contribution >= 0.6 is 11.8 Å². The third kappa shape index (κ3) is 5.30. The standard InChI is InChI=1S/C29H31N3O4S/c1-3-4-15-37-29-31-27-26(28(34)32-29)24(25-20(30-27)11-8-12-21(25)33)19-13-14-22(23(16-19)35-2)36-17-18-9-6-5-7-10-18/h5-7,9-10,13-14,16,24H,3-4,8,11-12,15,17H2,1-2H3,(H2,30,31,32,34). The number of aromatic amines is 1. The molecule has 3 aromatic rings. The number of H-pyrrole nitrogens is 1. The van der Waals surface area contributed by atoms with Crippen LogP contribution in [-0.2, 0) is 11.4 Å². The summed E-state index contributed by atoms with van der Waals surface area (Å²) < 4.78 is 11.7. The van der Waals surface area contributed by atoms with Gasteiger partial charge in [0.05, 0.1) is 12.7 Å². The van der Waals surface area contributed by atoms with Gasteiger partial charge in [-0.25, -0.2) is 4.98 Å². The number of nitrogens with one attached hydrogen (secondary N) is 2. The van der Waals surface area contributed by atoms with Crippen molar-refractivity contribution in [2.24, 2.45) is 0 Å². The first-order chi connectivity index (χ1) is 18.1. The number of hydrogen-bond acceptors (Lipinski definition) is 7. The molecule has 0 bridgehead atoms. The summed E-state index contributed by atoms with van der Waals surface area (Å²) >= 11 is 1.54. The van der Waals surface area contributed by atoms with Gasteiger partial charge >= 0.3 is 0 Å². The molecule has 1 aromatic heterocycles. The van der Waals surface area contributed by atoms with Crippen molar-refractivity contribution in [1.82, 2.24) is 9.97 Å². The molecule has 0 spiro atoms. The van der Waals surface area contributed by atoms with Crippen LogP contribution < -0.4 is 20.3 Å². The summed E-state index contributed by atoms with van der Waals surface area (Å²) in [5, 5.41) is 3.93. The van der Waals surface area contributed by atoms with E-state index in [1.807, 2.05) is 48.5 Å². The fraction of sp³-hybridized carbons (Fsp3) is 0.345. The maximum atomic E-state index is 13.4. The number of carbonyl (C=O) groups excluding carboxylic acids is 1. The lowest BCUT2D eigenvalue weighted by atomic mass is 9.76. The first kappa shape index (κ1) is 25.1. The summed E-state index contributed by atoms with van der Waals surface area (Å²) in [6.45, 7) is 2.54. The number of fused-ring (bicyclic) bond motifs is 1. The normalized spacial score (nSPS) is 16.6. The molecule has 0 saturated carbocycles. The van der Waals surface area contributed by atoms with E-state index in [2.05, 4.69) is 17.2 Å². The highest BCUT2D eigenvalue weighted by Gasteiger charge is 2.38. The lowest BCUT2D eigenvalue weighted by Crippen LogP contribution is -2.32. The second-order valence-corrected chi connectivity index (χ2v) is 10.3. The van der Waals surface area contributed by atoms with Crippen molar-refractivity contribution in [3.8, 4) is 11.5 Å². The summed E-state index contributed by atoms with van der Waals surface area (Å²) in [5.74, 6) is 2.11. The SMILES string of the molecule is CCCCSc1nc2c(c(=O)[nH]1)C(c1ccc(OCc3ccccc3)c(OC)c1)C1=C(CCCC1=O)N2. The first-order valence-corrected chi connectivity index (χ1v) is 13.7. The number of ether oxygens (including phenoxy) is 2. The highest BCUT2D eigenvalue weighted by Crippen LogP contribution is 2.45. The Labute approximate surface area is 220 Å². The molecule has 5 rings (SSSR count). The molecule has 2 aliphatic rings. The lowest BCUT2D eigenvalue weighted by molar-refractivity contribution is -0.116. The van der Waals surface area contributed by atoms with Crippen molar-refractivity contribution >= 4 is 23.4 Å². The number of methoxy groups -OCH3 is 1. The molecule has 8 heteroatoms. The van der Waals surface area contributed by atoms with Gasteiger partial charge in [0, 0.05) is 29.4 Å². The van der Waals surface area contributed by atoms with E-state index in [1.54, 1.807) is 18.9 Å². The second-order valence-electron chi connectivity index (χ2n) is 9.25. The molecule has 0 fully saturated rings. The number of allylic oxidation sites excluding steroid dienone is 2. The van der Waals surface area contributed by atoms with E-state index in [0.717, 1.165) is 48.3 Å². The van der Waals surface area contributed by atoms with E-state index in [9.17, 15) is 9.59 Å². The Morgan fingerprint density at radius 1 is 1.08 bits per heavy atom. The maximum Gasteiger partial charge on any atom is 0.257 e. The van der Waals surface area contributed by atoms with E-state index in [0.29, 0.717) is 46.6 Å². The number of nitrogens with zero attached hydrogens (tertiary/aromatic N) is 1. The zero-order valence-electron chi connectivity index (χ0n) is 21.1. The van der Waals surface area contributed by atoms with Gasteiger partial charge in [-0.3, -0.25) is 9.59 Å². The van der Waals surface area contributed by atoms with E-state index in [4.69, 9.17) is 14.5 Å². The van der Waals surface area contributed by atoms with E-state index >= 15 is 0 Å². The fourth-order valence-corrected chi connectivity index (χ4v) is 5.82. The van der Waals surface area contributed by atoms with Crippen LogP contribution in [0.3, 0.4) is 0 Å². The average molecular weight is 518 g/mol. The molecule has 0 radical (unpaired) electrons. The van der Waals surface area contributed by atoms with Crippen molar-refractivity contribution in [3.05, 3.63) is 86.8 Å². The van der Waals surface area contributed by atoms with Gasteiger partial charge in [0.25, 0.3) is 5.56 Å². The molecule has 1 aliphatic heterocycles. The van der Waals surface area contributed by atoms with Crippen molar-refractivity contribution in [3.63, 3.8) is 0 Å². The van der Waals surface area contributed by atoms with Crippen LogP contribution in [0, 0.1) is 0 Å². The van der Waals surface area contributed by atoms with Crippen molar-refractivity contribution in [2.45, 2.75) is 56.7 Å². The number of thioether (sulfide) groups is 1. The predicted molar refractivity (Wildman–Crippen MR) is 146 cm³/mol. The number of aromatic nitrogens is 2. The van der Waals surface area contributed by atoms with Gasteiger partial charge in [0.15, 0.2) is 22.4 Å². The molecule has 192 valence electrons. The molecule has 2 aromatic carbocycles. The molecule has 7 nitrogen and oxygen atoms in total. The topological polar surface area (TPSA) is 93.3 Å². The van der Waals surface area contributed by atoms with Crippen LogP contribution in [0.5, 0.6) is 11.5 Å². The Hall–Kier alpha value is -3.52. The minimum Gasteiger partial charge on any atom is -0.493 e. The Kier molecular flexibility index (Phi) is 7.65. The van der Waals surface area contributed by atoms with Gasteiger partial charge in [0.2, 0.25) is 0 Å². The van der Waals surface area contributed by atoms with E-state index in [1.165, 1.54) is 0 Å². The van der Waals surface area contributed by atoms with Crippen molar-refractivity contribution in [2.75, 3.05) is 18.2 Å². The molecule has 0 amide bonds. The van der Waals surface area contributed by atoms with E-state index in [-0.39, 0.29) is 11.3 Å². The number of benzene rings is 2. The van der Waals surface area contributed by atoms with Gasteiger partial charge in [-0.1, -0.05) is 61.5 Å². The van der Waals surface area contributed by atoms with Gasteiger partial charge < -0.3 is 19.8 Å². The first-order valence-electron chi connectivity index (χ1n) is 12.7. The summed E-state index contributed by atoms with van der Waals surface area (Å²) in [5.41, 5.74) is 3.60. The average Bonchev–Trinajstić information content (AvgIpc) is 2.91. The van der Waals surface area contributed by atoms with Crippen LogP contribution in [0.4, 0.5) is 5.82 Å². The lowest BCUT2D eigenvalue weighted by Gasteiger charge is -2.33. The van der Waals surface area contributed by atoms with Crippen LogP contribution in [0.25, 0.3) is 0 Å². The van der Waals surface area contributed by atoms with Crippen LogP contribution in [0.15, 0.2) is 69.8 Å². The van der Waals surface area contributed by atoms with Crippen LogP contribution in [0.2, 0.25) is 0 Å². The second kappa shape index (κ2) is 11.3. The Balaban J connectivity index is 1.53. The zero-order chi connectivity index (χ0) is 25.8. The highest BCUT2D eigenvalue weighted by atomic mass is 32.2. The number of anilines is 1. The third-order valence-electron chi connectivity index (χ3n) is 6.73. The van der Waals surface area contributed by atoms with E-state index < -0.39 is 5.92 Å². The molecule has 1 atom stereocenters.